The third kappa shape index (κ3) is 40.9. The SMILES string of the molecule is CCCCCCCC/C=C/CCCCCCCC(=O)O[C@@]1(O)O[C@H](CO)[C@@](O)(OC(=O)CCCCCCC/C=C/CCCCCCCC)[C@@](O)(OC(=O)CCCCCCC/C=C/CCCCCCCC)[C@@]1(O)OC(=O)CCCCCCC/C=C/CCCCCCCC. The summed E-state index contributed by atoms with van der Waals surface area (Å²) in [7, 11) is 0. The zero-order valence-electron chi connectivity index (χ0n) is 59.4. The van der Waals surface area contributed by atoms with Crippen molar-refractivity contribution < 1.29 is 68.4 Å². The number of ether oxygens (including phenoxy) is 5. The monoisotopic (exact) mass is 1300 g/mol. The average molecular weight is 1300 g/mol. The van der Waals surface area contributed by atoms with Crippen molar-refractivity contribution in [3.8, 4) is 0 Å². The van der Waals surface area contributed by atoms with E-state index in [0.29, 0.717) is 25.7 Å². The van der Waals surface area contributed by atoms with Gasteiger partial charge in [0, 0.05) is 25.7 Å². The Bertz CT molecular complexity index is 1900. The summed E-state index contributed by atoms with van der Waals surface area (Å²) in [5, 5.41) is 61.6. The van der Waals surface area contributed by atoms with E-state index in [1.165, 1.54) is 154 Å². The molecule has 1 rings (SSSR count). The number of aliphatic hydroxyl groups is 5. The summed E-state index contributed by atoms with van der Waals surface area (Å²) in [5.74, 6) is -20.8. The predicted molar refractivity (Wildman–Crippen MR) is 374 cm³/mol. The molecule has 5 atom stereocenters. The van der Waals surface area contributed by atoms with E-state index in [9.17, 15) is 44.7 Å². The Morgan fingerprint density at radius 3 is 0.750 bits per heavy atom. The summed E-state index contributed by atoms with van der Waals surface area (Å²) in [5.41, 5.74) is 0. The van der Waals surface area contributed by atoms with Crippen LogP contribution in [0.3, 0.4) is 0 Å². The molecular formula is C78H140O14. The van der Waals surface area contributed by atoms with E-state index >= 15 is 0 Å². The molecule has 1 aliphatic rings. The van der Waals surface area contributed by atoms with Crippen molar-refractivity contribution in [3.05, 3.63) is 48.6 Å². The molecular weight excluding hydrogens is 1160 g/mol. The van der Waals surface area contributed by atoms with Crippen LogP contribution >= 0.6 is 0 Å². The lowest BCUT2D eigenvalue weighted by molar-refractivity contribution is -0.593. The van der Waals surface area contributed by atoms with Gasteiger partial charge in [-0.05, 0) is 128 Å². The van der Waals surface area contributed by atoms with Crippen LogP contribution in [0, 0.1) is 0 Å². The lowest BCUT2D eigenvalue weighted by Gasteiger charge is -2.57. The highest BCUT2D eigenvalue weighted by Gasteiger charge is 2.87. The maximum absolute atomic E-state index is 14.1. The van der Waals surface area contributed by atoms with Gasteiger partial charge in [-0.25, -0.2) is 0 Å². The van der Waals surface area contributed by atoms with Crippen molar-refractivity contribution in [1.82, 2.24) is 0 Å². The third-order valence-electron chi connectivity index (χ3n) is 17.9. The molecule has 5 N–H and O–H groups in total. The van der Waals surface area contributed by atoms with Gasteiger partial charge in [0.1, 0.15) is 0 Å². The molecule has 0 amide bonds. The minimum Gasteiger partial charge on any atom is -0.423 e. The van der Waals surface area contributed by atoms with E-state index in [1.807, 2.05) is 0 Å². The highest BCUT2D eigenvalue weighted by atomic mass is 16.9. The molecule has 0 aliphatic carbocycles. The Labute approximate surface area is 561 Å². The summed E-state index contributed by atoms with van der Waals surface area (Å²) in [4.78, 5) is 55.7. The van der Waals surface area contributed by atoms with Crippen LogP contribution in [0.25, 0.3) is 0 Å². The Balaban J connectivity index is 3.31. The molecule has 0 saturated carbocycles. The van der Waals surface area contributed by atoms with Crippen LogP contribution in [0.1, 0.15) is 387 Å². The van der Waals surface area contributed by atoms with Crippen molar-refractivity contribution in [1.29, 1.82) is 0 Å². The molecule has 0 bridgehead atoms. The zero-order valence-corrected chi connectivity index (χ0v) is 59.4. The standard InChI is InChI=1S/C78H140O14/c1-5-9-13-17-21-25-29-33-37-41-45-49-53-57-61-65-71(80)89-75(84)70(69-79)88-78(87,92-74(83)68-64-60-56-52-48-44-40-36-32-28-24-20-16-12-8-4)77(86,91-73(82)67-63-59-55-51-47-43-39-35-31-27-23-19-15-11-7-3)76(75,85)90-72(81)66-62-58-54-50-46-42-38-34-30-26-22-18-14-10-6-2/h33-40,70,79,84-87H,5-32,41-69H2,1-4H3/b37-33+,38-34+,39-35+,40-36+/t70-,75-,76-,77-,78+/m1/s1. The van der Waals surface area contributed by atoms with E-state index in [1.54, 1.807) is 0 Å². The van der Waals surface area contributed by atoms with Gasteiger partial charge in [-0.1, -0.05) is 282 Å². The molecule has 0 aromatic rings. The third-order valence-corrected chi connectivity index (χ3v) is 17.9. The molecule has 0 spiro atoms. The van der Waals surface area contributed by atoms with Gasteiger partial charge < -0.3 is 44.5 Å². The maximum atomic E-state index is 14.1. The summed E-state index contributed by atoms with van der Waals surface area (Å²) in [6.45, 7) is 7.54. The number of carbonyl (C=O) groups excluding carboxylic acids is 4. The smallest absolute Gasteiger partial charge is 0.404 e. The second-order valence-corrected chi connectivity index (χ2v) is 26.6. The largest absolute Gasteiger partial charge is 0.423 e. The van der Waals surface area contributed by atoms with E-state index in [-0.39, 0.29) is 38.5 Å². The number of aliphatic hydroxyl groups excluding tert-OH is 1. The molecule has 1 fully saturated rings. The molecule has 0 aromatic carbocycles. The second kappa shape index (κ2) is 58.9. The quantitative estimate of drug-likeness (QED) is 0.0126. The van der Waals surface area contributed by atoms with Crippen LogP contribution < -0.4 is 0 Å². The number of esters is 4. The molecule has 0 unspecified atom stereocenters. The van der Waals surface area contributed by atoms with Crippen molar-refractivity contribution in [2.45, 2.75) is 417 Å². The number of hydrogen-bond acceptors (Lipinski definition) is 14. The van der Waals surface area contributed by atoms with Crippen LogP contribution in [0.4, 0.5) is 0 Å². The molecule has 536 valence electrons. The number of carbonyl (C=O) groups is 4. The van der Waals surface area contributed by atoms with E-state index in [2.05, 4.69) is 76.3 Å². The lowest BCUT2D eigenvalue weighted by Crippen LogP contribution is -2.87. The Morgan fingerprint density at radius 2 is 0.500 bits per heavy atom. The molecule has 0 aromatic heterocycles. The number of hydrogen-bond donors (Lipinski definition) is 5. The van der Waals surface area contributed by atoms with Crippen LogP contribution in [-0.4, -0.2) is 85.5 Å². The van der Waals surface area contributed by atoms with Gasteiger partial charge in [-0.3, -0.25) is 23.9 Å². The Kier molecular flexibility index (Phi) is 55.5. The first-order valence-corrected chi connectivity index (χ1v) is 38.4. The normalized spacial score (nSPS) is 20.1. The summed E-state index contributed by atoms with van der Waals surface area (Å²) >= 11 is 0. The van der Waals surface area contributed by atoms with Gasteiger partial charge in [0.05, 0.1) is 6.61 Å². The lowest BCUT2D eigenvalue weighted by atomic mass is 9.85. The topological polar surface area (TPSA) is 216 Å². The average Bonchev–Trinajstić information content (AvgIpc) is 0.688. The van der Waals surface area contributed by atoms with Crippen molar-refractivity contribution in [3.63, 3.8) is 0 Å². The van der Waals surface area contributed by atoms with E-state index in [4.69, 9.17) is 23.7 Å². The van der Waals surface area contributed by atoms with E-state index < -0.39 is 72.8 Å². The van der Waals surface area contributed by atoms with Crippen LogP contribution in [-0.2, 0) is 42.9 Å². The van der Waals surface area contributed by atoms with Crippen LogP contribution in [0.15, 0.2) is 48.6 Å². The van der Waals surface area contributed by atoms with Crippen molar-refractivity contribution in [2.24, 2.45) is 0 Å². The van der Waals surface area contributed by atoms with E-state index in [0.717, 1.165) is 128 Å². The molecule has 0 radical (unpaired) electrons. The summed E-state index contributed by atoms with van der Waals surface area (Å²) in [6.07, 6.45) is 66.3. The fourth-order valence-electron chi connectivity index (χ4n) is 11.9. The predicted octanol–water partition coefficient (Wildman–Crippen LogP) is 20.4. The molecule has 1 saturated heterocycles. The van der Waals surface area contributed by atoms with Gasteiger partial charge in [0.15, 0.2) is 6.10 Å². The van der Waals surface area contributed by atoms with Crippen LogP contribution in [0.5, 0.6) is 0 Å². The second-order valence-electron chi connectivity index (χ2n) is 26.6. The first-order chi connectivity index (χ1) is 44.7. The molecule has 14 heteroatoms. The summed E-state index contributed by atoms with van der Waals surface area (Å²) < 4.78 is 27.7. The summed E-state index contributed by atoms with van der Waals surface area (Å²) in [6, 6.07) is 0. The molecule has 1 aliphatic heterocycles. The molecule has 1 heterocycles. The highest BCUT2D eigenvalue weighted by molar-refractivity contribution is 5.73. The maximum Gasteiger partial charge on any atom is 0.404 e. The number of unbranched alkanes of at least 4 members (excludes halogenated alkanes) is 44. The first-order valence-electron chi connectivity index (χ1n) is 38.4. The highest BCUT2D eigenvalue weighted by Crippen LogP contribution is 2.52. The number of rotatable bonds is 65. The molecule has 14 nitrogen and oxygen atoms in total. The minimum atomic E-state index is -4.20. The fourth-order valence-corrected chi connectivity index (χ4v) is 11.9. The Hall–Kier alpha value is -3.40. The minimum absolute atomic E-state index is 0.235. The zero-order chi connectivity index (χ0) is 67.4. The van der Waals surface area contributed by atoms with Crippen molar-refractivity contribution >= 4 is 23.9 Å². The fraction of sp³-hybridized carbons (Fsp3) is 0.846. The number of allylic oxidation sites excluding steroid dienone is 8. The first kappa shape index (κ1) is 86.6. The van der Waals surface area contributed by atoms with Gasteiger partial charge in [-0.15, -0.1) is 0 Å². The Morgan fingerprint density at radius 1 is 0.293 bits per heavy atom. The van der Waals surface area contributed by atoms with Gasteiger partial charge in [-0.2, -0.15) is 0 Å². The van der Waals surface area contributed by atoms with Crippen molar-refractivity contribution in [2.75, 3.05) is 6.61 Å². The van der Waals surface area contributed by atoms with Gasteiger partial charge in [0.2, 0.25) is 0 Å². The van der Waals surface area contributed by atoms with Gasteiger partial charge >= 0.3 is 47.2 Å². The van der Waals surface area contributed by atoms with Crippen LogP contribution in [0.2, 0.25) is 0 Å². The molecule has 92 heavy (non-hydrogen) atoms. The van der Waals surface area contributed by atoms with Gasteiger partial charge in [0.25, 0.3) is 0 Å².